The average Bonchev–Trinajstić information content (AvgIpc) is 3.28. The molecule has 0 aromatic heterocycles. The van der Waals surface area contributed by atoms with Crippen molar-refractivity contribution in [3.05, 3.63) is 29.8 Å². The first-order valence-corrected chi connectivity index (χ1v) is 10.8. The maximum Gasteiger partial charge on any atom is 0.219 e. The molecule has 7 heteroatoms. The zero-order chi connectivity index (χ0) is 20.6. The summed E-state index contributed by atoms with van der Waals surface area (Å²) in [6.07, 6.45) is 2.48. The molecule has 1 N–H and O–H groups in total. The molecule has 0 radical (unpaired) electrons. The lowest BCUT2D eigenvalue weighted by Crippen LogP contribution is -2.53. The van der Waals surface area contributed by atoms with Crippen LogP contribution >= 0.6 is 0 Å². The third kappa shape index (κ3) is 5.41. The van der Waals surface area contributed by atoms with Crippen LogP contribution in [-0.4, -0.2) is 86.0 Å². The number of amides is 1. The molecule has 2 aliphatic rings. The van der Waals surface area contributed by atoms with Crippen LogP contribution in [0.4, 0.5) is 0 Å². The Kier molecular flexibility index (Phi) is 7.75. The van der Waals surface area contributed by atoms with E-state index in [9.17, 15) is 4.79 Å². The Morgan fingerprint density at radius 1 is 1.10 bits per heavy atom. The number of benzene rings is 1. The molecule has 1 unspecified atom stereocenters. The van der Waals surface area contributed by atoms with Crippen molar-refractivity contribution in [2.75, 3.05) is 59.5 Å². The molecule has 1 atom stereocenters. The molecule has 2 fully saturated rings. The smallest absolute Gasteiger partial charge is 0.219 e. The predicted molar refractivity (Wildman–Crippen MR) is 116 cm³/mol. The second kappa shape index (κ2) is 10.5. The largest absolute Gasteiger partial charge is 0.496 e. The van der Waals surface area contributed by atoms with Crippen molar-refractivity contribution in [2.45, 2.75) is 32.7 Å². The first-order valence-electron chi connectivity index (χ1n) is 10.8. The lowest BCUT2D eigenvalue weighted by Gasteiger charge is -2.36. The van der Waals surface area contributed by atoms with Crippen molar-refractivity contribution in [2.24, 2.45) is 4.99 Å². The number of aliphatic imine (C=N–C) groups is 1. The molecule has 2 saturated heterocycles. The van der Waals surface area contributed by atoms with Crippen LogP contribution < -0.4 is 10.1 Å². The summed E-state index contributed by atoms with van der Waals surface area (Å²) in [5.41, 5.74) is 1.21. The molecule has 29 heavy (non-hydrogen) atoms. The maximum atomic E-state index is 11.6. The first-order chi connectivity index (χ1) is 14.1. The lowest BCUT2D eigenvalue weighted by atomic mass is 10.0. The molecule has 0 saturated carbocycles. The van der Waals surface area contributed by atoms with Gasteiger partial charge in [-0.25, -0.2) is 0 Å². The highest BCUT2D eigenvalue weighted by Crippen LogP contribution is 2.32. The number of carbonyl (C=O) groups excluding carboxylic acids is 1. The number of nitrogens with one attached hydrogen (secondary N) is 1. The number of rotatable bonds is 6. The normalized spacial score (nSPS) is 19.3. The van der Waals surface area contributed by atoms with Crippen molar-refractivity contribution in [3.63, 3.8) is 0 Å². The number of guanidine groups is 1. The highest BCUT2D eigenvalue weighted by atomic mass is 16.5. The van der Waals surface area contributed by atoms with Gasteiger partial charge in [0.05, 0.1) is 19.7 Å². The van der Waals surface area contributed by atoms with Crippen LogP contribution in [0.3, 0.4) is 0 Å². The van der Waals surface area contributed by atoms with E-state index in [1.165, 1.54) is 18.4 Å². The summed E-state index contributed by atoms with van der Waals surface area (Å²) in [6, 6.07) is 8.51. The van der Waals surface area contributed by atoms with Crippen molar-refractivity contribution < 1.29 is 9.53 Å². The molecule has 160 valence electrons. The molecule has 3 rings (SSSR count). The predicted octanol–water partition coefficient (Wildman–Crippen LogP) is 1.96. The van der Waals surface area contributed by atoms with Gasteiger partial charge in [-0.1, -0.05) is 18.2 Å². The molecule has 1 amide bonds. The minimum atomic E-state index is 0.150. The molecule has 7 nitrogen and oxygen atoms in total. The Hall–Kier alpha value is -2.28. The Balaban J connectivity index is 1.77. The third-order valence-electron chi connectivity index (χ3n) is 5.85. The molecular formula is C22H35N5O2. The molecule has 2 heterocycles. The Morgan fingerprint density at radius 2 is 1.76 bits per heavy atom. The Morgan fingerprint density at radius 3 is 2.38 bits per heavy atom. The van der Waals surface area contributed by atoms with E-state index in [-0.39, 0.29) is 11.9 Å². The molecule has 0 bridgehead atoms. The van der Waals surface area contributed by atoms with Crippen LogP contribution in [0.25, 0.3) is 0 Å². The fraction of sp³-hybridized carbons (Fsp3) is 0.636. The second-order valence-electron chi connectivity index (χ2n) is 7.69. The van der Waals surface area contributed by atoms with Crippen LogP contribution in [0, 0.1) is 0 Å². The van der Waals surface area contributed by atoms with Gasteiger partial charge in [0.1, 0.15) is 5.75 Å². The molecule has 0 spiro atoms. The summed E-state index contributed by atoms with van der Waals surface area (Å²) >= 11 is 0. The highest BCUT2D eigenvalue weighted by molar-refractivity contribution is 5.80. The van der Waals surface area contributed by atoms with Crippen molar-refractivity contribution in [3.8, 4) is 5.75 Å². The number of hydrogen-bond donors (Lipinski definition) is 1. The number of likely N-dealkylation sites (tertiary alicyclic amines) is 1. The van der Waals surface area contributed by atoms with Gasteiger partial charge in [0.2, 0.25) is 5.91 Å². The lowest BCUT2D eigenvalue weighted by molar-refractivity contribution is -0.130. The van der Waals surface area contributed by atoms with Crippen molar-refractivity contribution in [1.82, 2.24) is 20.0 Å². The summed E-state index contributed by atoms with van der Waals surface area (Å²) in [5, 5.41) is 3.45. The van der Waals surface area contributed by atoms with Crippen LogP contribution in [-0.2, 0) is 4.79 Å². The molecule has 1 aromatic carbocycles. The van der Waals surface area contributed by atoms with Crippen molar-refractivity contribution in [1.29, 1.82) is 0 Å². The highest BCUT2D eigenvalue weighted by Gasteiger charge is 2.27. The fourth-order valence-corrected chi connectivity index (χ4v) is 4.24. The van der Waals surface area contributed by atoms with E-state index in [1.54, 1.807) is 14.0 Å². The molecule has 0 aliphatic carbocycles. The van der Waals surface area contributed by atoms with E-state index in [0.717, 1.165) is 57.5 Å². The van der Waals surface area contributed by atoms with Crippen LogP contribution in [0.5, 0.6) is 5.75 Å². The SMILES string of the molecule is CCNC(=NCC(c1ccccc1OC)N1CCCC1)N1CCN(C(C)=O)CC1. The van der Waals surface area contributed by atoms with Gasteiger partial charge >= 0.3 is 0 Å². The van der Waals surface area contributed by atoms with Gasteiger partial charge in [0.15, 0.2) is 5.96 Å². The minimum Gasteiger partial charge on any atom is -0.496 e. The summed E-state index contributed by atoms with van der Waals surface area (Å²) in [4.78, 5) is 23.4. The number of ether oxygens (including phenoxy) is 1. The third-order valence-corrected chi connectivity index (χ3v) is 5.85. The quantitative estimate of drug-likeness (QED) is 0.583. The summed E-state index contributed by atoms with van der Waals surface area (Å²) in [6.45, 7) is 10.6. The average molecular weight is 402 g/mol. The Bertz CT molecular complexity index is 694. The standard InChI is InChI=1S/C22H35N5O2/c1-4-23-22(27-15-13-25(14-16-27)18(2)28)24-17-20(26-11-7-8-12-26)19-9-5-6-10-21(19)29-3/h5-6,9-10,20H,4,7-8,11-17H2,1-3H3,(H,23,24). The zero-order valence-electron chi connectivity index (χ0n) is 18.1. The van der Waals surface area contributed by atoms with Crippen LogP contribution in [0.15, 0.2) is 29.3 Å². The number of hydrogen-bond acceptors (Lipinski definition) is 4. The minimum absolute atomic E-state index is 0.150. The van der Waals surface area contributed by atoms with Crippen LogP contribution in [0.1, 0.15) is 38.3 Å². The first kappa shape index (κ1) is 21.4. The van der Waals surface area contributed by atoms with Gasteiger partial charge in [-0.3, -0.25) is 14.7 Å². The number of carbonyl (C=O) groups is 1. The van der Waals surface area contributed by atoms with Crippen molar-refractivity contribution >= 4 is 11.9 Å². The van der Waals surface area contributed by atoms with Gasteiger partial charge in [-0.05, 0) is 38.9 Å². The summed E-state index contributed by atoms with van der Waals surface area (Å²) in [7, 11) is 1.74. The van der Waals surface area contributed by atoms with Gasteiger partial charge in [-0.15, -0.1) is 0 Å². The van der Waals surface area contributed by atoms with E-state index in [0.29, 0.717) is 6.54 Å². The van der Waals surface area contributed by atoms with Gasteiger partial charge in [0, 0.05) is 45.2 Å². The second-order valence-corrected chi connectivity index (χ2v) is 7.69. The topological polar surface area (TPSA) is 60.4 Å². The van der Waals surface area contributed by atoms with Gasteiger partial charge < -0.3 is 19.9 Å². The zero-order valence-corrected chi connectivity index (χ0v) is 18.1. The monoisotopic (exact) mass is 401 g/mol. The Labute approximate surface area is 174 Å². The number of methoxy groups -OCH3 is 1. The summed E-state index contributed by atoms with van der Waals surface area (Å²) in [5.74, 6) is 2.02. The fourth-order valence-electron chi connectivity index (χ4n) is 4.24. The van der Waals surface area contributed by atoms with E-state index < -0.39 is 0 Å². The van der Waals surface area contributed by atoms with E-state index in [4.69, 9.17) is 9.73 Å². The maximum absolute atomic E-state index is 11.6. The number of para-hydroxylation sites is 1. The number of piperazine rings is 1. The van der Waals surface area contributed by atoms with Crippen LogP contribution in [0.2, 0.25) is 0 Å². The van der Waals surface area contributed by atoms with E-state index >= 15 is 0 Å². The summed E-state index contributed by atoms with van der Waals surface area (Å²) < 4.78 is 5.65. The van der Waals surface area contributed by atoms with E-state index in [1.807, 2.05) is 17.0 Å². The molecule has 2 aliphatic heterocycles. The number of nitrogens with zero attached hydrogens (tertiary/aromatic N) is 4. The molecular weight excluding hydrogens is 366 g/mol. The van der Waals surface area contributed by atoms with E-state index in [2.05, 4.69) is 34.2 Å². The van der Waals surface area contributed by atoms with Gasteiger partial charge in [-0.2, -0.15) is 0 Å². The molecule has 1 aromatic rings. The van der Waals surface area contributed by atoms with Gasteiger partial charge in [0.25, 0.3) is 0 Å².